The quantitative estimate of drug-likeness (QED) is 0.884. The molecule has 2 aliphatic rings. The smallest absolute Gasteiger partial charge is 0.137 e. The van der Waals surface area contributed by atoms with Crippen LogP contribution < -0.4 is 10.6 Å². The fourth-order valence-electron chi connectivity index (χ4n) is 2.46. The predicted molar refractivity (Wildman–Crippen MR) is 78.4 cm³/mol. The molecule has 1 aromatic heterocycles. The van der Waals surface area contributed by atoms with Crippen molar-refractivity contribution in [3.8, 4) is 0 Å². The lowest BCUT2D eigenvalue weighted by molar-refractivity contribution is 0.631. The summed E-state index contributed by atoms with van der Waals surface area (Å²) < 4.78 is 0. The van der Waals surface area contributed by atoms with Crippen LogP contribution in [0.1, 0.15) is 56.8 Å². The number of aromatic nitrogens is 2. The van der Waals surface area contributed by atoms with Crippen LogP contribution in [0.3, 0.4) is 0 Å². The zero-order valence-electron chi connectivity index (χ0n) is 12.2. The van der Waals surface area contributed by atoms with Crippen LogP contribution in [0.25, 0.3) is 0 Å². The number of nitrogens with two attached hydrogens (primary N) is 1. The summed E-state index contributed by atoms with van der Waals surface area (Å²) in [6, 6.07) is 0.459. The van der Waals surface area contributed by atoms with E-state index in [0.717, 1.165) is 29.7 Å². The van der Waals surface area contributed by atoms with E-state index in [1.165, 1.54) is 25.7 Å². The average Bonchev–Trinajstić information content (AvgIpc) is 3.23. The Labute approximate surface area is 115 Å². The molecule has 2 N–H and O–H groups in total. The highest BCUT2D eigenvalue weighted by atomic mass is 15.2. The van der Waals surface area contributed by atoms with Gasteiger partial charge in [0.15, 0.2) is 0 Å². The molecule has 1 heterocycles. The van der Waals surface area contributed by atoms with Crippen LogP contribution >= 0.6 is 0 Å². The lowest BCUT2D eigenvalue weighted by Gasteiger charge is -2.30. The van der Waals surface area contributed by atoms with Crippen molar-refractivity contribution in [2.45, 2.75) is 58.4 Å². The van der Waals surface area contributed by atoms with Gasteiger partial charge in [-0.2, -0.15) is 0 Å². The molecule has 0 spiro atoms. The van der Waals surface area contributed by atoms with Gasteiger partial charge in [0.1, 0.15) is 17.5 Å². The summed E-state index contributed by atoms with van der Waals surface area (Å²) >= 11 is 0. The Balaban J connectivity index is 1.94. The van der Waals surface area contributed by atoms with Crippen LogP contribution in [-0.4, -0.2) is 22.6 Å². The molecule has 2 aliphatic carbocycles. The Hall–Kier alpha value is -1.32. The highest BCUT2D eigenvalue weighted by molar-refractivity contribution is 5.57. The molecule has 0 unspecified atom stereocenters. The largest absolute Gasteiger partial charge is 0.383 e. The minimum absolute atomic E-state index is 0.459. The maximum absolute atomic E-state index is 6.09. The summed E-state index contributed by atoms with van der Waals surface area (Å²) in [7, 11) is 0. The number of hydrogen-bond donors (Lipinski definition) is 1. The van der Waals surface area contributed by atoms with Gasteiger partial charge in [0.05, 0.1) is 0 Å². The van der Waals surface area contributed by atoms with E-state index in [-0.39, 0.29) is 0 Å². The molecule has 4 heteroatoms. The van der Waals surface area contributed by atoms with Gasteiger partial charge in [-0.1, -0.05) is 0 Å². The molecule has 104 valence electrons. The summed E-state index contributed by atoms with van der Waals surface area (Å²) in [5.41, 5.74) is 7.13. The third-order valence-corrected chi connectivity index (χ3v) is 4.16. The highest BCUT2D eigenvalue weighted by Gasteiger charge is 2.31. The van der Waals surface area contributed by atoms with Gasteiger partial charge >= 0.3 is 0 Å². The topological polar surface area (TPSA) is 55.0 Å². The Morgan fingerprint density at radius 1 is 1.21 bits per heavy atom. The molecule has 0 aromatic carbocycles. The molecule has 0 aliphatic heterocycles. The van der Waals surface area contributed by atoms with Crippen molar-refractivity contribution in [2.24, 2.45) is 5.92 Å². The predicted octanol–water partition coefficient (Wildman–Crippen LogP) is 2.87. The van der Waals surface area contributed by atoms with E-state index in [4.69, 9.17) is 10.7 Å². The first-order valence-electron chi connectivity index (χ1n) is 7.47. The molecular weight excluding hydrogens is 236 g/mol. The molecule has 2 saturated carbocycles. The van der Waals surface area contributed by atoms with Crippen molar-refractivity contribution in [1.82, 2.24) is 9.97 Å². The monoisotopic (exact) mass is 260 g/mol. The molecule has 0 bridgehead atoms. The molecule has 0 amide bonds. The molecule has 3 rings (SSSR count). The van der Waals surface area contributed by atoms with Gasteiger partial charge in [0, 0.05) is 24.1 Å². The first-order valence-corrected chi connectivity index (χ1v) is 7.47. The van der Waals surface area contributed by atoms with Crippen LogP contribution in [-0.2, 0) is 0 Å². The first-order chi connectivity index (χ1) is 9.06. The van der Waals surface area contributed by atoms with Crippen molar-refractivity contribution in [1.29, 1.82) is 0 Å². The molecule has 0 saturated heterocycles. The average molecular weight is 260 g/mol. The maximum atomic E-state index is 6.09. The van der Waals surface area contributed by atoms with Crippen LogP contribution in [0, 0.1) is 12.8 Å². The summed E-state index contributed by atoms with van der Waals surface area (Å²) in [4.78, 5) is 11.7. The zero-order valence-corrected chi connectivity index (χ0v) is 12.2. The molecule has 0 radical (unpaired) electrons. The minimum Gasteiger partial charge on any atom is -0.383 e. The van der Waals surface area contributed by atoms with Crippen molar-refractivity contribution in [3.05, 3.63) is 11.4 Å². The van der Waals surface area contributed by atoms with Crippen molar-refractivity contribution in [3.63, 3.8) is 0 Å². The van der Waals surface area contributed by atoms with Gasteiger partial charge in [-0.25, -0.2) is 9.97 Å². The van der Waals surface area contributed by atoms with Gasteiger partial charge in [-0.3, -0.25) is 0 Å². The third-order valence-electron chi connectivity index (χ3n) is 4.16. The molecule has 19 heavy (non-hydrogen) atoms. The van der Waals surface area contributed by atoms with E-state index in [1.54, 1.807) is 0 Å². The fourth-order valence-corrected chi connectivity index (χ4v) is 2.46. The highest BCUT2D eigenvalue weighted by Crippen LogP contribution is 2.40. The second kappa shape index (κ2) is 4.66. The van der Waals surface area contributed by atoms with Crippen LogP contribution in [0.2, 0.25) is 0 Å². The lowest BCUT2D eigenvalue weighted by atomic mass is 10.2. The molecule has 1 aromatic rings. The number of nitrogen functional groups attached to an aromatic ring is 1. The number of hydrogen-bond acceptors (Lipinski definition) is 4. The molecule has 0 atom stereocenters. The van der Waals surface area contributed by atoms with Gasteiger partial charge in [0.2, 0.25) is 0 Å². The van der Waals surface area contributed by atoms with Crippen molar-refractivity contribution >= 4 is 11.6 Å². The first kappa shape index (κ1) is 12.7. The van der Waals surface area contributed by atoms with E-state index in [1.807, 2.05) is 6.92 Å². The van der Waals surface area contributed by atoms with Crippen LogP contribution in [0.15, 0.2) is 0 Å². The van der Waals surface area contributed by atoms with Gasteiger partial charge in [0.25, 0.3) is 0 Å². The third kappa shape index (κ3) is 2.67. The molecule has 2 fully saturated rings. The molecular formula is C15H24N4. The van der Waals surface area contributed by atoms with E-state index in [0.29, 0.717) is 17.8 Å². The van der Waals surface area contributed by atoms with E-state index >= 15 is 0 Å². The van der Waals surface area contributed by atoms with Crippen LogP contribution in [0.5, 0.6) is 0 Å². The Morgan fingerprint density at radius 3 is 2.42 bits per heavy atom. The number of anilines is 2. The lowest BCUT2D eigenvalue weighted by Crippen LogP contribution is -2.34. The summed E-state index contributed by atoms with van der Waals surface area (Å²) in [5, 5.41) is 0. The normalized spacial score (nSPS) is 18.9. The zero-order chi connectivity index (χ0) is 13.6. The van der Waals surface area contributed by atoms with Gasteiger partial charge in [-0.15, -0.1) is 0 Å². The second-order valence-electron chi connectivity index (χ2n) is 6.38. The summed E-state index contributed by atoms with van der Waals surface area (Å²) in [5.74, 6) is 4.09. The number of nitrogens with zero attached hydrogens (tertiary/aromatic N) is 3. The Morgan fingerprint density at radius 2 is 1.89 bits per heavy atom. The van der Waals surface area contributed by atoms with Gasteiger partial charge < -0.3 is 10.6 Å². The molecule has 4 nitrogen and oxygen atoms in total. The van der Waals surface area contributed by atoms with Crippen LogP contribution in [0.4, 0.5) is 11.6 Å². The minimum atomic E-state index is 0.459. The standard InChI is InChI=1S/C15H24N4/c1-9(2)19(8-11-4-5-11)15-10(3)13(16)17-14(18-15)12-6-7-12/h9,11-12H,4-8H2,1-3H3,(H2,16,17,18). The fraction of sp³-hybridized carbons (Fsp3) is 0.733. The van der Waals surface area contributed by atoms with Crippen molar-refractivity contribution < 1.29 is 0 Å². The SMILES string of the molecule is Cc1c(N)nc(C2CC2)nc1N(CC1CC1)C(C)C. The maximum Gasteiger partial charge on any atom is 0.137 e. The summed E-state index contributed by atoms with van der Waals surface area (Å²) in [6.07, 6.45) is 5.15. The number of rotatable bonds is 5. The van der Waals surface area contributed by atoms with E-state index in [9.17, 15) is 0 Å². The Kier molecular flexibility index (Phi) is 3.11. The van der Waals surface area contributed by atoms with E-state index < -0.39 is 0 Å². The second-order valence-corrected chi connectivity index (χ2v) is 6.38. The summed E-state index contributed by atoms with van der Waals surface area (Å²) in [6.45, 7) is 7.62. The van der Waals surface area contributed by atoms with E-state index in [2.05, 4.69) is 23.7 Å². The van der Waals surface area contributed by atoms with Crippen molar-refractivity contribution in [2.75, 3.05) is 17.2 Å². The Bertz CT molecular complexity index is 475. The van der Waals surface area contributed by atoms with Gasteiger partial charge in [-0.05, 0) is 52.4 Å².